The summed E-state index contributed by atoms with van der Waals surface area (Å²) in [5.74, 6) is 0.566. The van der Waals surface area contributed by atoms with E-state index in [0.717, 1.165) is 5.69 Å². The molecule has 9 nitrogen and oxygen atoms in total. The largest absolute Gasteiger partial charge is 0.497 e. The highest BCUT2D eigenvalue weighted by Crippen LogP contribution is 2.21. The van der Waals surface area contributed by atoms with E-state index < -0.39 is 0 Å². The molecule has 0 fully saturated rings. The average Bonchev–Trinajstić information content (AvgIpc) is 3.22. The number of tetrazole rings is 1. The molecule has 0 aliphatic carbocycles. The van der Waals surface area contributed by atoms with Crippen molar-refractivity contribution in [2.75, 3.05) is 23.5 Å². The van der Waals surface area contributed by atoms with Crippen LogP contribution in [0.25, 0.3) is 5.69 Å². The Balaban J connectivity index is 1.58. The normalized spacial score (nSPS) is 10.4. The van der Waals surface area contributed by atoms with E-state index in [9.17, 15) is 9.59 Å². The predicted octanol–water partition coefficient (Wildman–Crippen LogP) is 2.75. The number of amides is 2. The topological polar surface area (TPSA) is 111 Å². The first-order valence-corrected chi connectivity index (χ1v) is 9.83. The molecule has 0 saturated carbocycles. The van der Waals surface area contributed by atoms with Crippen LogP contribution < -0.4 is 15.4 Å². The molecule has 150 valence electrons. The van der Waals surface area contributed by atoms with Gasteiger partial charge in [-0.2, -0.15) is 4.68 Å². The molecule has 0 aliphatic rings. The van der Waals surface area contributed by atoms with Crippen LogP contribution in [0.15, 0.2) is 53.7 Å². The van der Waals surface area contributed by atoms with Crippen molar-refractivity contribution in [3.8, 4) is 11.4 Å². The van der Waals surface area contributed by atoms with Crippen LogP contribution in [0.2, 0.25) is 0 Å². The summed E-state index contributed by atoms with van der Waals surface area (Å²) in [5.41, 5.74) is 2.06. The molecule has 2 aromatic carbocycles. The van der Waals surface area contributed by atoms with Crippen LogP contribution in [0, 0.1) is 0 Å². The van der Waals surface area contributed by atoms with Gasteiger partial charge in [0.15, 0.2) is 0 Å². The predicted molar refractivity (Wildman–Crippen MR) is 110 cm³/mol. The Hall–Kier alpha value is -3.40. The fourth-order valence-corrected chi connectivity index (χ4v) is 3.08. The second kappa shape index (κ2) is 9.69. The minimum absolute atomic E-state index is 0.0630. The third kappa shape index (κ3) is 5.55. The molecule has 3 aromatic rings. The van der Waals surface area contributed by atoms with Crippen LogP contribution in [0.5, 0.6) is 5.75 Å². The molecule has 0 spiro atoms. The van der Waals surface area contributed by atoms with Crippen LogP contribution in [0.4, 0.5) is 11.4 Å². The molecule has 2 N–H and O–H groups in total. The Labute approximate surface area is 171 Å². The van der Waals surface area contributed by atoms with Crippen molar-refractivity contribution in [1.82, 2.24) is 20.2 Å². The molecule has 0 atom stereocenters. The molecule has 29 heavy (non-hydrogen) atoms. The first-order valence-electron chi connectivity index (χ1n) is 8.84. The molecular formula is C19H20N6O3S. The van der Waals surface area contributed by atoms with E-state index in [-0.39, 0.29) is 17.6 Å². The van der Waals surface area contributed by atoms with Gasteiger partial charge >= 0.3 is 0 Å². The Morgan fingerprint density at radius 3 is 2.41 bits per heavy atom. The average molecular weight is 412 g/mol. The molecule has 0 unspecified atom stereocenters. The summed E-state index contributed by atoms with van der Waals surface area (Å²) in [6, 6.07) is 14.2. The lowest BCUT2D eigenvalue weighted by atomic mass is 10.2. The van der Waals surface area contributed by atoms with Crippen LogP contribution in [0.3, 0.4) is 0 Å². The Morgan fingerprint density at radius 2 is 1.76 bits per heavy atom. The van der Waals surface area contributed by atoms with Gasteiger partial charge in [-0.15, -0.1) is 5.10 Å². The molecular weight excluding hydrogens is 392 g/mol. The summed E-state index contributed by atoms with van der Waals surface area (Å²) in [6.45, 7) is 1.78. The van der Waals surface area contributed by atoms with Gasteiger partial charge in [-0.3, -0.25) is 9.59 Å². The lowest BCUT2D eigenvalue weighted by Gasteiger charge is -2.08. The number of nitrogens with zero attached hydrogens (tertiary/aromatic N) is 4. The van der Waals surface area contributed by atoms with Crippen molar-refractivity contribution in [3.63, 3.8) is 0 Å². The summed E-state index contributed by atoms with van der Waals surface area (Å²) in [7, 11) is 1.59. The zero-order valence-corrected chi connectivity index (χ0v) is 16.8. The maximum absolute atomic E-state index is 12.3. The standard InChI is InChI=1S/C19H20N6O3S/c1-3-17(26)20-13-7-9-14(10-8-13)21-18(27)12-29-19-22-23-24-25(19)15-5-4-6-16(11-15)28-2/h4-11H,3,12H2,1-2H3,(H,20,26)(H,21,27). The summed E-state index contributed by atoms with van der Waals surface area (Å²) in [4.78, 5) is 23.7. The van der Waals surface area contributed by atoms with Crippen molar-refractivity contribution >= 4 is 35.0 Å². The fourth-order valence-electron chi connectivity index (χ4n) is 2.39. The third-order valence-corrected chi connectivity index (χ3v) is 4.76. The first-order chi connectivity index (χ1) is 14.1. The van der Waals surface area contributed by atoms with Gasteiger partial charge in [-0.05, 0) is 46.8 Å². The number of thioether (sulfide) groups is 1. The number of carbonyl (C=O) groups excluding carboxylic acids is 2. The van der Waals surface area contributed by atoms with E-state index in [2.05, 4.69) is 26.2 Å². The lowest BCUT2D eigenvalue weighted by molar-refractivity contribution is -0.116. The molecule has 3 rings (SSSR count). The zero-order chi connectivity index (χ0) is 20.6. The van der Waals surface area contributed by atoms with E-state index in [1.165, 1.54) is 11.8 Å². The summed E-state index contributed by atoms with van der Waals surface area (Å²) in [5, 5.41) is 17.7. The van der Waals surface area contributed by atoms with E-state index in [1.807, 2.05) is 18.2 Å². The molecule has 0 bridgehead atoms. The molecule has 1 heterocycles. The highest BCUT2D eigenvalue weighted by atomic mass is 32.2. The lowest BCUT2D eigenvalue weighted by Crippen LogP contribution is -2.15. The van der Waals surface area contributed by atoms with Gasteiger partial charge in [0, 0.05) is 23.9 Å². The molecule has 2 amide bonds. The Kier molecular flexibility index (Phi) is 6.80. The van der Waals surface area contributed by atoms with Gasteiger partial charge in [0.05, 0.1) is 18.6 Å². The van der Waals surface area contributed by atoms with Crippen LogP contribution in [0.1, 0.15) is 13.3 Å². The number of rotatable bonds is 8. The number of methoxy groups -OCH3 is 1. The van der Waals surface area contributed by atoms with Gasteiger partial charge in [0.25, 0.3) is 0 Å². The minimum atomic E-state index is -0.194. The number of carbonyl (C=O) groups is 2. The number of anilines is 2. The summed E-state index contributed by atoms with van der Waals surface area (Å²) >= 11 is 1.22. The number of aromatic nitrogens is 4. The van der Waals surface area contributed by atoms with E-state index >= 15 is 0 Å². The van der Waals surface area contributed by atoms with Gasteiger partial charge in [-0.25, -0.2) is 0 Å². The monoisotopic (exact) mass is 412 g/mol. The minimum Gasteiger partial charge on any atom is -0.497 e. The van der Waals surface area contributed by atoms with Crippen molar-refractivity contribution in [2.24, 2.45) is 0 Å². The summed E-state index contributed by atoms with van der Waals surface area (Å²) in [6.07, 6.45) is 0.408. The summed E-state index contributed by atoms with van der Waals surface area (Å²) < 4.78 is 6.76. The molecule has 0 radical (unpaired) electrons. The van der Waals surface area contributed by atoms with Gasteiger partial charge in [-0.1, -0.05) is 24.8 Å². The third-order valence-electron chi connectivity index (χ3n) is 3.84. The van der Waals surface area contributed by atoms with Gasteiger partial charge < -0.3 is 15.4 Å². The van der Waals surface area contributed by atoms with E-state index in [0.29, 0.717) is 28.7 Å². The van der Waals surface area contributed by atoms with Crippen molar-refractivity contribution in [1.29, 1.82) is 0 Å². The number of hydrogen-bond acceptors (Lipinski definition) is 7. The second-order valence-corrected chi connectivity index (χ2v) is 6.83. The molecule has 1 aromatic heterocycles. The Bertz CT molecular complexity index is 990. The fraction of sp³-hybridized carbons (Fsp3) is 0.211. The number of benzene rings is 2. The number of hydrogen-bond donors (Lipinski definition) is 2. The van der Waals surface area contributed by atoms with E-state index in [4.69, 9.17) is 4.74 Å². The smallest absolute Gasteiger partial charge is 0.234 e. The van der Waals surface area contributed by atoms with Crippen LogP contribution in [-0.2, 0) is 9.59 Å². The van der Waals surface area contributed by atoms with Crippen molar-refractivity contribution in [2.45, 2.75) is 18.5 Å². The second-order valence-electron chi connectivity index (χ2n) is 5.89. The van der Waals surface area contributed by atoms with Crippen molar-refractivity contribution in [3.05, 3.63) is 48.5 Å². The van der Waals surface area contributed by atoms with Gasteiger partial charge in [0.2, 0.25) is 17.0 Å². The highest BCUT2D eigenvalue weighted by molar-refractivity contribution is 7.99. The molecule has 10 heteroatoms. The zero-order valence-electron chi connectivity index (χ0n) is 16.0. The van der Waals surface area contributed by atoms with Crippen LogP contribution >= 0.6 is 11.8 Å². The Morgan fingerprint density at radius 1 is 1.07 bits per heavy atom. The van der Waals surface area contributed by atoms with E-state index in [1.54, 1.807) is 49.0 Å². The number of nitrogens with one attached hydrogen (secondary N) is 2. The maximum Gasteiger partial charge on any atom is 0.234 e. The number of ether oxygens (including phenoxy) is 1. The highest BCUT2D eigenvalue weighted by Gasteiger charge is 2.12. The first kappa shape index (κ1) is 20.3. The molecule has 0 aliphatic heterocycles. The van der Waals surface area contributed by atoms with Crippen molar-refractivity contribution < 1.29 is 14.3 Å². The molecule has 0 saturated heterocycles. The maximum atomic E-state index is 12.3. The quantitative estimate of drug-likeness (QED) is 0.547. The SMILES string of the molecule is CCC(=O)Nc1ccc(NC(=O)CSc2nnnn2-c2cccc(OC)c2)cc1. The van der Waals surface area contributed by atoms with Gasteiger partial charge in [0.1, 0.15) is 5.75 Å². The van der Waals surface area contributed by atoms with Crippen LogP contribution in [-0.4, -0.2) is 44.9 Å².